The zero-order chi connectivity index (χ0) is 10.9. The van der Waals surface area contributed by atoms with Crippen molar-refractivity contribution < 1.29 is 13.3 Å². The molecule has 0 aromatic carbocycles. The van der Waals surface area contributed by atoms with Gasteiger partial charge in [-0.2, -0.15) is 0 Å². The number of hydrogen-bond acceptors (Lipinski definition) is 3. The molecular weight excluding hydrogens is 196 g/mol. The third-order valence-corrected chi connectivity index (χ3v) is 4.19. The second-order valence-corrected chi connectivity index (χ2v) is 5.53. The van der Waals surface area contributed by atoms with Gasteiger partial charge in [-0.3, -0.25) is 0 Å². The van der Waals surface area contributed by atoms with Gasteiger partial charge >= 0.3 is 8.80 Å². The van der Waals surface area contributed by atoms with E-state index >= 15 is 0 Å². The number of hydrogen-bond donors (Lipinski definition) is 0. The van der Waals surface area contributed by atoms with E-state index in [9.17, 15) is 0 Å². The Morgan fingerprint density at radius 3 is 1.86 bits per heavy atom. The van der Waals surface area contributed by atoms with Gasteiger partial charge in [0.25, 0.3) is 0 Å². The zero-order valence-electron chi connectivity index (χ0n) is 9.71. The normalized spacial score (nSPS) is 12.6. The van der Waals surface area contributed by atoms with E-state index in [1.165, 1.54) is 0 Å². The molecule has 0 unspecified atom stereocenters. The fourth-order valence-electron chi connectivity index (χ4n) is 1.02. The molecule has 0 saturated heterocycles. The molecule has 0 radical (unpaired) electrons. The second kappa shape index (κ2) is 8.17. The molecule has 0 N–H and O–H groups in total. The molecule has 0 fully saturated rings. The lowest BCUT2D eigenvalue weighted by atomic mass is 10.5. The average Bonchev–Trinajstić information content (AvgIpc) is 2.22. The highest BCUT2D eigenvalue weighted by atomic mass is 28.4. The third kappa shape index (κ3) is 4.90. The van der Waals surface area contributed by atoms with Crippen molar-refractivity contribution in [3.8, 4) is 0 Å². The summed E-state index contributed by atoms with van der Waals surface area (Å²) in [7, 11) is -0.842. The molecule has 0 atom stereocenters. The largest absolute Gasteiger partial charge is 0.529 e. The van der Waals surface area contributed by atoms with Crippen LogP contribution in [0.2, 0.25) is 0 Å². The smallest absolute Gasteiger partial charge is 0.374 e. The lowest BCUT2D eigenvalue weighted by Gasteiger charge is -2.24. The highest BCUT2D eigenvalue weighted by molar-refractivity contribution is 6.66. The zero-order valence-corrected chi connectivity index (χ0v) is 10.7. The van der Waals surface area contributed by atoms with Crippen molar-refractivity contribution >= 4 is 8.80 Å². The van der Waals surface area contributed by atoms with E-state index in [2.05, 4.69) is 13.8 Å². The standard InChI is InChI=1S/C10H22O3Si/c1-5-8-12-14(11-4,10-7-3)13-9-6-2/h7,10H,5-6,8-9H2,1-4H3. The van der Waals surface area contributed by atoms with E-state index in [1.54, 1.807) is 7.11 Å². The van der Waals surface area contributed by atoms with Gasteiger partial charge < -0.3 is 13.3 Å². The predicted molar refractivity (Wildman–Crippen MR) is 60.1 cm³/mol. The fraction of sp³-hybridized carbons (Fsp3) is 0.800. The Morgan fingerprint density at radius 2 is 1.57 bits per heavy atom. The summed E-state index contributed by atoms with van der Waals surface area (Å²) in [4.78, 5) is 0. The van der Waals surface area contributed by atoms with Gasteiger partial charge in [0.2, 0.25) is 0 Å². The first-order valence-corrected chi connectivity index (χ1v) is 7.01. The fourth-order valence-corrected chi connectivity index (χ4v) is 3.05. The Bertz CT molecular complexity index is 151. The molecule has 84 valence electrons. The molecule has 0 aromatic rings. The van der Waals surface area contributed by atoms with Crippen LogP contribution < -0.4 is 0 Å². The van der Waals surface area contributed by atoms with Crippen LogP contribution in [0.15, 0.2) is 11.8 Å². The van der Waals surface area contributed by atoms with Gasteiger partial charge in [0.15, 0.2) is 0 Å². The molecule has 0 saturated carbocycles. The Hall–Kier alpha value is -0.163. The van der Waals surface area contributed by atoms with E-state index in [-0.39, 0.29) is 0 Å². The first-order chi connectivity index (χ1) is 6.74. The topological polar surface area (TPSA) is 27.7 Å². The van der Waals surface area contributed by atoms with Crippen LogP contribution in [-0.4, -0.2) is 29.1 Å². The van der Waals surface area contributed by atoms with Gasteiger partial charge in [-0.1, -0.05) is 19.9 Å². The quantitative estimate of drug-likeness (QED) is 0.586. The van der Waals surface area contributed by atoms with Crippen molar-refractivity contribution in [2.24, 2.45) is 0 Å². The molecule has 0 spiro atoms. The highest BCUT2D eigenvalue weighted by Gasteiger charge is 2.36. The molecule has 0 heterocycles. The maximum absolute atomic E-state index is 5.68. The molecule has 0 amide bonds. The lowest BCUT2D eigenvalue weighted by Crippen LogP contribution is -2.43. The second-order valence-electron chi connectivity index (χ2n) is 3.00. The van der Waals surface area contributed by atoms with Gasteiger partial charge in [-0.05, 0) is 25.5 Å². The molecular formula is C10H22O3Si. The molecule has 0 rings (SSSR count). The third-order valence-electron chi connectivity index (χ3n) is 1.67. The van der Waals surface area contributed by atoms with E-state index < -0.39 is 8.80 Å². The molecule has 0 aromatic heterocycles. The minimum Gasteiger partial charge on any atom is -0.374 e. The van der Waals surface area contributed by atoms with Crippen molar-refractivity contribution in [2.45, 2.75) is 33.6 Å². The van der Waals surface area contributed by atoms with Gasteiger partial charge in [-0.15, -0.1) is 0 Å². The van der Waals surface area contributed by atoms with Crippen LogP contribution in [0.1, 0.15) is 33.6 Å². The summed E-state index contributed by atoms with van der Waals surface area (Å²) in [5.41, 5.74) is 1.93. The summed E-state index contributed by atoms with van der Waals surface area (Å²) in [6.45, 7) is 7.47. The van der Waals surface area contributed by atoms with Crippen molar-refractivity contribution in [2.75, 3.05) is 20.3 Å². The molecule has 0 aliphatic heterocycles. The summed E-state index contributed by atoms with van der Waals surface area (Å²) >= 11 is 0. The molecule has 0 bridgehead atoms. The van der Waals surface area contributed by atoms with Crippen LogP contribution >= 0.6 is 0 Å². The molecule has 3 nitrogen and oxygen atoms in total. The minimum absolute atomic E-state index is 0.689. The molecule has 0 aliphatic carbocycles. The van der Waals surface area contributed by atoms with E-state index in [4.69, 9.17) is 13.3 Å². The Morgan fingerprint density at radius 1 is 1.07 bits per heavy atom. The van der Waals surface area contributed by atoms with Crippen LogP contribution in [0, 0.1) is 0 Å². The molecule has 4 heteroatoms. The monoisotopic (exact) mass is 218 g/mol. The van der Waals surface area contributed by atoms with E-state index in [0.29, 0.717) is 13.2 Å². The maximum Gasteiger partial charge on any atom is 0.529 e. The van der Waals surface area contributed by atoms with Crippen molar-refractivity contribution in [1.29, 1.82) is 0 Å². The van der Waals surface area contributed by atoms with E-state index in [1.807, 2.05) is 18.7 Å². The lowest BCUT2D eigenvalue weighted by molar-refractivity contribution is 0.0903. The van der Waals surface area contributed by atoms with Crippen LogP contribution in [0.5, 0.6) is 0 Å². The van der Waals surface area contributed by atoms with Gasteiger partial charge in [0.05, 0.1) is 0 Å². The SMILES string of the molecule is CC=C[Si](OC)(OCCC)OCCC. The van der Waals surface area contributed by atoms with Crippen LogP contribution in [0.25, 0.3) is 0 Å². The van der Waals surface area contributed by atoms with Crippen LogP contribution in [0.3, 0.4) is 0 Å². The van der Waals surface area contributed by atoms with Crippen molar-refractivity contribution in [3.63, 3.8) is 0 Å². The summed E-state index contributed by atoms with van der Waals surface area (Å²) in [5, 5.41) is 0. The van der Waals surface area contributed by atoms with Gasteiger partial charge in [-0.25, -0.2) is 0 Å². The van der Waals surface area contributed by atoms with Crippen LogP contribution in [0.4, 0.5) is 0 Å². The Kier molecular flexibility index (Phi) is 8.08. The number of rotatable bonds is 8. The van der Waals surface area contributed by atoms with Gasteiger partial charge in [0, 0.05) is 20.3 Å². The minimum atomic E-state index is -2.49. The first-order valence-electron chi connectivity index (χ1n) is 5.21. The summed E-state index contributed by atoms with van der Waals surface area (Å²) < 4.78 is 16.7. The summed E-state index contributed by atoms with van der Waals surface area (Å²) in [6.07, 6.45) is 3.89. The average molecular weight is 218 g/mol. The van der Waals surface area contributed by atoms with Gasteiger partial charge in [0.1, 0.15) is 0 Å². The molecule has 0 aliphatic rings. The highest BCUT2D eigenvalue weighted by Crippen LogP contribution is 2.11. The Balaban J connectivity index is 4.26. The maximum atomic E-state index is 5.68. The first kappa shape index (κ1) is 13.8. The molecule has 14 heavy (non-hydrogen) atoms. The number of allylic oxidation sites excluding steroid dienone is 1. The summed E-state index contributed by atoms with van der Waals surface area (Å²) in [6, 6.07) is 0. The summed E-state index contributed by atoms with van der Waals surface area (Å²) in [5.74, 6) is 0. The van der Waals surface area contributed by atoms with Crippen LogP contribution in [-0.2, 0) is 13.3 Å². The van der Waals surface area contributed by atoms with E-state index in [0.717, 1.165) is 12.8 Å². The van der Waals surface area contributed by atoms with Crippen molar-refractivity contribution in [3.05, 3.63) is 11.8 Å². The Labute approximate surface area is 88.4 Å². The predicted octanol–water partition coefficient (Wildman–Crippen LogP) is 2.54. The van der Waals surface area contributed by atoms with Crippen molar-refractivity contribution in [1.82, 2.24) is 0 Å².